The molecule has 0 unspecified atom stereocenters. The van der Waals surface area contributed by atoms with Gasteiger partial charge >= 0.3 is 0 Å². The van der Waals surface area contributed by atoms with Gasteiger partial charge in [-0.1, -0.05) is 6.07 Å². The lowest BCUT2D eigenvalue weighted by Crippen LogP contribution is -2.26. The van der Waals surface area contributed by atoms with Crippen molar-refractivity contribution in [2.24, 2.45) is 0 Å². The largest absolute Gasteiger partial charge is 0.457 e. The van der Waals surface area contributed by atoms with E-state index >= 15 is 0 Å². The summed E-state index contributed by atoms with van der Waals surface area (Å²) in [6.07, 6.45) is 1.50. The van der Waals surface area contributed by atoms with Crippen LogP contribution in [0.3, 0.4) is 0 Å². The first kappa shape index (κ1) is 15.3. The maximum Gasteiger partial charge on any atom is 0.269 e. The molecule has 1 heterocycles. The van der Waals surface area contributed by atoms with Crippen molar-refractivity contribution < 1.29 is 14.3 Å². The summed E-state index contributed by atoms with van der Waals surface area (Å²) in [5, 5.41) is 2.50. The van der Waals surface area contributed by atoms with E-state index in [9.17, 15) is 9.59 Å². The molecule has 2 rings (SSSR count). The molecule has 0 bridgehead atoms. The standard InChI is InChI=1S/C15H16N4O3/c1-10(20)18-19-11-4-3-5-12(8-11)22-13-6-7-17-14(9-13)15(21)16-2/h3-9,19H,1-2H3,(H,16,21)(H,18,20). The first-order valence-electron chi connectivity index (χ1n) is 6.57. The van der Waals surface area contributed by atoms with E-state index in [1.165, 1.54) is 20.2 Å². The van der Waals surface area contributed by atoms with E-state index in [4.69, 9.17) is 4.74 Å². The Balaban J connectivity index is 2.12. The minimum absolute atomic E-state index is 0.198. The normalized spacial score (nSPS) is 9.73. The minimum atomic E-state index is -0.286. The third kappa shape index (κ3) is 4.20. The Morgan fingerprint density at radius 3 is 2.64 bits per heavy atom. The highest BCUT2D eigenvalue weighted by atomic mass is 16.5. The number of carbonyl (C=O) groups is 2. The molecule has 0 aliphatic rings. The number of ether oxygens (including phenoxy) is 1. The van der Waals surface area contributed by atoms with Crippen molar-refractivity contribution in [1.29, 1.82) is 0 Å². The van der Waals surface area contributed by atoms with Gasteiger partial charge in [0.15, 0.2) is 0 Å². The zero-order valence-corrected chi connectivity index (χ0v) is 12.2. The average Bonchev–Trinajstić information content (AvgIpc) is 2.53. The molecule has 0 aliphatic heterocycles. The molecule has 0 aliphatic carbocycles. The summed E-state index contributed by atoms with van der Waals surface area (Å²) < 4.78 is 5.69. The molecule has 22 heavy (non-hydrogen) atoms. The zero-order chi connectivity index (χ0) is 15.9. The lowest BCUT2D eigenvalue weighted by atomic mass is 10.3. The number of pyridine rings is 1. The predicted molar refractivity (Wildman–Crippen MR) is 81.6 cm³/mol. The molecular formula is C15H16N4O3. The Hall–Kier alpha value is -3.09. The van der Waals surface area contributed by atoms with Gasteiger partial charge in [0.25, 0.3) is 5.91 Å². The summed E-state index contributed by atoms with van der Waals surface area (Å²) in [5.41, 5.74) is 6.18. The summed E-state index contributed by atoms with van der Waals surface area (Å²) in [5.74, 6) is 0.567. The first-order valence-corrected chi connectivity index (χ1v) is 6.57. The number of rotatable bonds is 5. The maximum atomic E-state index is 11.5. The molecule has 3 N–H and O–H groups in total. The molecule has 1 aromatic heterocycles. The van der Waals surface area contributed by atoms with Crippen molar-refractivity contribution in [2.45, 2.75) is 6.92 Å². The van der Waals surface area contributed by atoms with Crippen molar-refractivity contribution in [2.75, 3.05) is 12.5 Å². The number of hydrogen-bond acceptors (Lipinski definition) is 5. The summed E-state index contributed by atoms with van der Waals surface area (Å²) in [6, 6.07) is 10.2. The van der Waals surface area contributed by atoms with Crippen LogP contribution in [0.1, 0.15) is 17.4 Å². The fourth-order valence-electron chi connectivity index (χ4n) is 1.66. The molecule has 1 aromatic carbocycles. The van der Waals surface area contributed by atoms with Gasteiger partial charge in [-0.15, -0.1) is 0 Å². The highest BCUT2D eigenvalue weighted by Crippen LogP contribution is 2.24. The molecule has 2 aromatic rings. The molecule has 114 valence electrons. The quantitative estimate of drug-likeness (QED) is 0.731. The number of aromatic nitrogens is 1. The number of benzene rings is 1. The second-order valence-corrected chi connectivity index (χ2v) is 4.39. The van der Waals surface area contributed by atoms with Crippen LogP contribution in [0.5, 0.6) is 11.5 Å². The van der Waals surface area contributed by atoms with Crippen molar-refractivity contribution in [3.63, 3.8) is 0 Å². The second kappa shape index (κ2) is 7.07. The highest BCUT2D eigenvalue weighted by molar-refractivity contribution is 5.92. The Kier molecular flexibility index (Phi) is 4.92. The van der Waals surface area contributed by atoms with Gasteiger partial charge in [0.05, 0.1) is 5.69 Å². The summed E-state index contributed by atoms with van der Waals surface area (Å²) >= 11 is 0. The van der Waals surface area contributed by atoms with Crippen molar-refractivity contribution in [3.05, 3.63) is 48.3 Å². The van der Waals surface area contributed by atoms with Crippen LogP contribution < -0.4 is 20.9 Å². The molecule has 7 nitrogen and oxygen atoms in total. The Morgan fingerprint density at radius 1 is 1.14 bits per heavy atom. The maximum absolute atomic E-state index is 11.5. The molecule has 7 heteroatoms. The molecule has 0 saturated heterocycles. The summed E-state index contributed by atoms with van der Waals surface area (Å²) in [4.78, 5) is 26.4. The van der Waals surface area contributed by atoms with E-state index in [0.717, 1.165) is 0 Å². The number of nitrogens with zero attached hydrogens (tertiary/aromatic N) is 1. The summed E-state index contributed by atoms with van der Waals surface area (Å²) in [7, 11) is 1.54. The predicted octanol–water partition coefficient (Wildman–Crippen LogP) is 1.70. The van der Waals surface area contributed by atoms with Crippen molar-refractivity contribution in [1.82, 2.24) is 15.7 Å². The fraction of sp³-hybridized carbons (Fsp3) is 0.133. The molecule has 0 fully saturated rings. The van der Waals surface area contributed by atoms with Gasteiger partial charge in [0, 0.05) is 32.3 Å². The monoisotopic (exact) mass is 300 g/mol. The number of nitrogens with one attached hydrogen (secondary N) is 3. The molecular weight excluding hydrogens is 284 g/mol. The number of hydrogen-bond donors (Lipinski definition) is 3. The van der Waals surface area contributed by atoms with Crippen LogP contribution in [0.2, 0.25) is 0 Å². The lowest BCUT2D eigenvalue weighted by Gasteiger charge is -2.10. The van der Waals surface area contributed by atoms with E-state index in [1.54, 1.807) is 36.4 Å². The van der Waals surface area contributed by atoms with Gasteiger partial charge in [0.1, 0.15) is 17.2 Å². The lowest BCUT2D eigenvalue weighted by molar-refractivity contribution is -0.118. The first-order chi connectivity index (χ1) is 10.6. The average molecular weight is 300 g/mol. The highest BCUT2D eigenvalue weighted by Gasteiger charge is 2.07. The van der Waals surface area contributed by atoms with Gasteiger partial charge in [-0.25, -0.2) is 0 Å². The van der Waals surface area contributed by atoms with Crippen LogP contribution in [0.4, 0.5) is 5.69 Å². The third-order valence-electron chi connectivity index (χ3n) is 2.64. The van der Waals surface area contributed by atoms with Crippen LogP contribution in [0.25, 0.3) is 0 Å². The number of hydrazine groups is 1. The third-order valence-corrected chi connectivity index (χ3v) is 2.64. The zero-order valence-electron chi connectivity index (χ0n) is 12.2. The number of amides is 2. The van der Waals surface area contributed by atoms with Crippen molar-refractivity contribution >= 4 is 17.5 Å². The van der Waals surface area contributed by atoms with Crippen molar-refractivity contribution in [3.8, 4) is 11.5 Å². The van der Waals surface area contributed by atoms with Gasteiger partial charge in [-0.05, 0) is 18.2 Å². The number of anilines is 1. The fourth-order valence-corrected chi connectivity index (χ4v) is 1.66. The van der Waals surface area contributed by atoms with Gasteiger partial charge in [-0.2, -0.15) is 0 Å². The molecule has 0 spiro atoms. The van der Waals surface area contributed by atoms with Gasteiger partial charge < -0.3 is 10.1 Å². The second-order valence-electron chi connectivity index (χ2n) is 4.39. The van der Waals surface area contributed by atoms with Crippen LogP contribution in [-0.4, -0.2) is 23.8 Å². The van der Waals surface area contributed by atoms with Gasteiger partial charge in [0.2, 0.25) is 5.91 Å². The van der Waals surface area contributed by atoms with E-state index in [1.807, 2.05) is 0 Å². The minimum Gasteiger partial charge on any atom is -0.457 e. The smallest absolute Gasteiger partial charge is 0.269 e. The molecule has 0 radical (unpaired) electrons. The van der Waals surface area contributed by atoms with Crippen LogP contribution >= 0.6 is 0 Å². The molecule has 0 saturated carbocycles. The topological polar surface area (TPSA) is 92.4 Å². The van der Waals surface area contributed by atoms with E-state index in [2.05, 4.69) is 21.2 Å². The van der Waals surface area contributed by atoms with Crippen LogP contribution in [0.15, 0.2) is 42.6 Å². The Labute approximate surface area is 127 Å². The SMILES string of the molecule is CNC(=O)c1cc(Oc2cccc(NNC(C)=O)c2)ccn1. The van der Waals surface area contributed by atoms with E-state index in [0.29, 0.717) is 17.2 Å². The number of carbonyl (C=O) groups excluding carboxylic acids is 2. The molecule has 2 amide bonds. The van der Waals surface area contributed by atoms with E-state index < -0.39 is 0 Å². The van der Waals surface area contributed by atoms with Crippen LogP contribution in [0, 0.1) is 0 Å². The molecule has 0 atom stereocenters. The van der Waals surface area contributed by atoms with E-state index in [-0.39, 0.29) is 17.5 Å². The Bertz CT molecular complexity index is 688. The van der Waals surface area contributed by atoms with Crippen LogP contribution in [-0.2, 0) is 4.79 Å². The van der Waals surface area contributed by atoms with Gasteiger partial charge in [-0.3, -0.25) is 25.4 Å². The Morgan fingerprint density at radius 2 is 1.91 bits per heavy atom. The summed E-state index contributed by atoms with van der Waals surface area (Å²) in [6.45, 7) is 1.41.